The number of fused-ring (bicyclic) bond motifs is 3. The fourth-order valence-electron chi connectivity index (χ4n) is 8.34. The molecule has 1 N–H and O–H groups in total. The Morgan fingerprint density at radius 1 is 0.816 bits per heavy atom. The van der Waals surface area contributed by atoms with Crippen LogP contribution < -0.4 is 0 Å². The quantitative estimate of drug-likeness (QED) is 0.289. The highest BCUT2D eigenvalue weighted by molar-refractivity contribution is 6.00. The van der Waals surface area contributed by atoms with Crippen molar-refractivity contribution < 1.29 is 24.2 Å². The highest BCUT2D eigenvalue weighted by Crippen LogP contribution is 2.58. The number of hydrogen-bond acceptors (Lipinski definition) is 7. The van der Waals surface area contributed by atoms with Gasteiger partial charge in [-0.1, -0.05) is 102 Å². The molecule has 250 valence electrons. The van der Waals surface area contributed by atoms with Crippen LogP contribution in [0.1, 0.15) is 18.1 Å². The third kappa shape index (κ3) is 5.07. The second kappa shape index (κ2) is 12.1. The molecule has 2 saturated heterocycles. The Balaban J connectivity index is 1.21. The smallest absolute Gasteiger partial charge is 0.250 e. The fraction of sp³-hybridized carbons (Fsp3) is 0.342. The van der Waals surface area contributed by atoms with Gasteiger partial charge < -0.3 is 24.5 Å². The summed E-state index contributed by atoms with van der Waals surface area (Å²) in [5.74, 6) is -2.80. The number of ether oxygens (including phenoxy) is 1. The number of likely N-dealkylation sites (tertiary alicyclic amines) is 1. The number of carbonyl (C=O) groups excluding carboxylic acids is 3. The minimum Gasteiger partial charge on any atom is -0.394 e. The van der Waals surface area contributed by atoms with Crippen molar-refractivity contribution in [2.45, 2.75) is 49.8 Å². The van der Waals surface area contributed by atoms with Crippen LogP contribution in [0.25, 0.3) is 11.0 Å². The van der Waals surface area contributed by atoms with Crippen LogP contribution in [-0.4, -0.2) is 95.5 Å². The van der Waals surface area contributed by atoms with E-state index in [1.807, 2.05) is 116 Å². The van der Waals surface area contributed by atoms with Gasteiger partial charge in [0.1, 0.15) is 23.8 Å². The summed E-state index contributed by atoms with van der Waals surface area (Å²) in [4.78, 5) is 49.6. The van der Waals surface area contributed by atoms with E-state index in [9.17, 15) is 14.7 Å². The van der Waals surface area contributed by atoms with Crippen LogP contribution in [0.4, 0.5) is 0 Å². The average Bonchev–Trinajstić information content (AvgIpc) is 3.65. The predicted octanol–water partition coefficient (Wildman–Crippen LogP) is 2.96. The van der Waals surface area contributed by atoms with Crippen molar-refractivity contribution >= 4 is 28.8 Å². The van der Waals surface area contributed by atoms with Gasteiger partial charge in [0.05, 0.1) is 35.6 Å². The van der Waals surface area contributed by atoms with E-state index in [4.69, 9.17) is 4.74 Å². The lowest BCUT2D eigenvalue weighted by molar-refractivity contribution is -0.156. The first-order valence-corrected chi connectivity index (χ1v) is 16.8. The van der Waals surface area contributed by atoms with Gasteiger partial charge in [0.15, 0.2) is 0 Å². The first kappa shape index (κ1) is 31.2. The Morgan fingerprint density at radius 2 is 1.49 bits per heavy atom. The normalized spacial score (nSPS) is 28.4. The van der Waals surface area contributed by atoms with Crippen molar-refractivity contribution in [2.24, 2.45) is 11.8 Å². The molecule has 1 aromatic heterocycles. The van der Waals surface area contributed by atoms with Gasteiger partial charge in [-0.2, -0.15) is 0 Å². The molecular formula is C38H38N6O5. The van der Waals surface area contributed by atoms with Crippen LogP contribution in [0.5, 0.6) is 0 Å². The predicted molar refractivity (Wildman–Crippen MR) is 180 cm³/mol. The summed E-state index contributed by atoms with van der Waals surface area (Å²) < 4.78 is 8.69. The van der Waals surface area contributed by atoms with Crippen LogP contribution in [0.2, 0.25) is 0 Å². The van der Waals surface area contributed by atoms with Crippen LogP contribution >= 0.6 is 0 Å². The zero-order chi connectivity index (χ0) is 33.8. The highest BCUT2D eigenvalue weighted by atomic mass is 16.5. The Morgan fingerprint density at radius 3 is 2.24 bits per heavy atom. The molecular weight excluding hydrogens is 620 g/mol. The summed E-state index contributed by atoms with van der Waals surface area (Å²) in [6.07, 6.45) is 7.82. The molecule has 1 spiro atoms. The lowest BCUT2D eigenvalue weighted by Crippen LogP contribution is -2.59. The summed E-state index contributed by atoms with van der Waals surface area (Å²) in [7, 11) is 0. The maximum Gasteiger partial charge on any atom is 0.250 e. The summed E-state index contributed by atoms with van der Waals surface area (Å²) >= 11 is 0. The Bertz CT molecular complexity index is 1960. The van der Waals surface area contributed by atoms with Gasteiger partial charge in [-0.05, 0) is 36.6 Å². The number of aromatic nitrogens is 3. The van der Waals surface area contributed by atoms with Crippen molar-refractivity contribution in [2.75, 3.05) is 19.7 Å². The average molecular weight is 659 g/mol. The molecule has 2 fully saturated rings. The number of hydrogen-bond donors (Lipinski definition) is 1. The first-order valence-electron chi connectivity index (χ1n) is 16.8. The molecule has 3 amide bonds. The van der Waals surface area contributed by atoms with Gasteiger partial charge >= 0.3 is 0 Å². The lowest BCUT2D eigenvalue weighted by atomic mass is 9.74. The van der Waals surface area contributed by atoms with Crippen molar-refractivity contribution in [3.8, 4) is 0 Å². The number of aliphatic hydroxyl groups is 1. The van der Waals surface area contributed by atoms with Crippen molar-refractivity contribution in [1.29, 1.82) is 0 Å². The van der Waals surface area contributed by atoms with Crippen LogP contribution in [-0.2, 0) is 38.8 Å². The molecule has 49 heavy (non-hydrogen) atoms. The molecule has 4 aliphatic rings. The molecule has 3 aromatic carbocycles. The second-order valence-electron chi connectivity index (χ2n) is 13.6. The number of carbonyl (C=O) groups is 3. The monoisotopic (exact) mass is 658 g/mol. The lowest BCUT2D eigenvalue weighted by Gasteiger charge is -2.40. The molecule has 1 unspecified atom stereocenters. The minimum atomic E-state index is -1.45. The van der Waals surface area contributed by atoms with Crippen LogP contribution in [0, 0.1) is 11.8 Å². The Hall–Kier alpha value is -5.13. The largest absolute Gasteiger partial charge is 0.394 e. The summed E-state index contributed by atoms with van der Waals surface area (Å²) in [6, 6.07) is 25.0. The maximum absolute atomic E-state index is 15.0. The van der Waals surface area contributed by atoms with Crippen LogP contribution in [0.15, 0.2) is 109 Å². The minimum absolute atomic E-state index is 0.0931. The van der Waals surface area contributed by atoms with Gasteiger partial charge in [0.25, 0.3) is 5.91 Å². The molecule has 6 atom stereocenters. The molecule has 0 radical (unpaired) electrons. The topological polar surface area (TPSA) is 121 Å². The number of para-hydroxylation sites is 1. The first-order chi connectivity index (χ1) is 23.8. The molecule has 4 aromatic rings. The SMILES string of the molecule is C[C@@]12C=CCN(Cc3ccccc3)C(=O)[C@@H]1[C@H]1C(=O)N([C@@H](CO)Cc3ccccc3)C3C(=O)N(Cn4nnc5ccccc54)CC=C[C@@]31O2. The molecule has 0 saturated carbocycles. The van der Waals surface area contributed by atoms with Crippen molar-refractivity contribution in [3.63, 3.8) is 0 Å². The number of benzene rings is 3. The van der Waals surface area contributed by atoms with Crippen molar-refractivity contribution in [1.82, 2.24) is 29.7 Å². The highest BCUT2D eigenvalue weighted by Gasteiger charge is 2.75. The van der Waals surface area contributed by atoms with E-state index < -0.39 is 35.1 Å². The van der Waals surface area contributed by atoms with Gasteiger partial charge in [0.2, 0.25) is 11.8 Å². The van der Waals surface area contributed by atoms with Gasteiger partial charge in [-0.25, -0.2) is 4.68 Å². The van der Waals surface area contributed by atoms with E-state index in [1.54, 1.807) is 14.5 Å². The fourth-order valence-corrected chi connectivity index (χ4v) is 8.34. The third-order valence-electron chi connectivity index (χ3n) is 10.5. The maximum atomic E-state index is 15.0. The molecule has 4 aliphatic heterocycles. The van der Waals surface area contributed by atoms with Gasteiger partial charge in [-0.15, -0.1) is 5.10 Å². The van der Waals surface area contributed by atoms with E-state index in [1.165, 1.54) is 4.90 Å². The molecule has 0 aliphatic carbocycles. The van der Waals surface area contributed by atoms with Crippen LogP contribution in [0.3, 0.4) is 0 Å². The number of nitrogens with zero attached hydrogens (tertiary/aromatic N) is 6. The van der Waals surface area contributed by atoms with E-state index in [2.05, 4.69) is 10.3 Å². The zero-order valence-electron chi connectivity index (χ0n) is 27.2. The summed E-state index contributed by atoms with van der Waals surface area (Å²) in [6.45, 7) is 2.54. The molecule has 8 rings (SSSR count). The molecule has 0 bridgehead atoms. The van der Waals surface area contributed by atoms with Gasteiger partial charge in [-0.3, -0.25) is 14.4 Å². The van der Waals surface area contributed by atoms with Crippen molar-refractivity contribution in [3.05, 3.63) is 120 Å². The number of rotatable bonds is 8. The van der Waals surface area contributed by atoms with E-state index in [-0.39, 0.29) is 37.5 Å². The third-order valence-corrected chi connectivity index (χ3v) is 10.5. The molecule has 11 heteroatoms. The van der Waals surface area contributed by atoms with E-state index in [0.717, 1.165) is 16.6 Å². The standard InChI is InChI=1S/C38H38N6O5/c1-37-18-10-20-41(23-27-14-6-3-7-15-27)34(46)31(37)32-35(47)44(28(24-45)22-26-12-4-2-5-13-26)33-36(48)42(21-11-19-38(32,33)49-37)25-43-30-17-9-8-16-29(30)39-40-43/h2-19,28,31-33,45H,20-25H2,1H3/t28-,31+,32+,33?,37-,38+/m1/s1. The number of aliphatic hydroxyl groups excluding tert-OH is 1. The second-order valence-corrected chi connectivity index (χ2v) is 13.6. The summed E-state index contributed by atoms with van der Waals surface area (Å²) in [5.41, 5.74) is 0.763. The Kier molecular flexibility index (Phi) is 7.68. The van der Waals surface area contributed by atoms with E-state index in [0.29, 0.717) is 25.0 Å². The molecule has 5 heterocycles. The number of amides is 3. The van der Waals surface area contributed by atoms with E-state index >= 15 is 4.79 Å². The van der Waals surface area contributed by atoms with Gasteiger partial charge in [0, 0.05) is 19.6 Å². The Labute approximate surface area is 284 Å². The zero-order valence-corrected chi connectivity index (χ0v) is 27.2. The summed E-state index contributed by atoms with van der Waals surface area (Å²) in [5, 5.41) is 19.4. The molecule has 11 nitrogen and oxygen atoms in total.